The third-order valence-corrected chi connectivity index (χ3v) is 2.04. The van der Waals surface area contributed by atoms with Crippen molar-refractivity contribution >= 4 is 11.8 Å². The van der Waals surface area contributed by atoms with E-state index in [0.717, 1.165) is 0 Å². The van der Waals surface area contributed by atoms with E-state index in [2.05, 4.69) is 12.7 Å². The second kappa shape index (κ2) is 2.22. The number of rotatable bonds is 1. The number of hydrogen-bond acceptors (Lipinski definition) is 1. The first-order valence-corrected chi connectivity index (χ1v) is 3.37. The predicted octanol–water partition coefficient (Wildman–Crippen LogP) is 2.19. The quantitative estimate of drug-likeness (QED) is 0.501. The average Bonchev–Trinajstić information content (AvgIpc) is 2.14. The van der Waals surface area contributed by atoms with Gasteiger partial charge in [-0.25, -0.2) is 0 Å². The maximum Gasteiger partial charge on any atom is 0.00265 e. The fourth-order valence-corrected chi connectivity index (χ4v) is 1.40. The van der Waals surface area contributed by atoms with Gasteiger partial charge in [0, 0.05) is 10.7 Å². The Kier molecular flexibility index (Phi) is 1.58. The second-order valence-corrected chi connectivity index (χ2v) is 2.62. The number of hydrogen-bond donors (Lipinski definition) is 0. The Morgan fingerprint density at radius 1 is 1.86 bits per heavy atom. The molecule has 38 valence electrons. The molecule has 0 spiro atoms. The van der Waals surface area contributed by atoms with Gasteiger partial charge in [-0.2, -0.15) is 0 Å². The summed E-state index contributed by atoms with van der Waals surface area (Å²) in [5.74, 6) is 1.25. The van der Waals surface area contributed by atoms with Crippen LogP contribution in [0.25, 0.3) is 0 Å². The molecule has 0 radical (unpaired) electrons. The summed E-state index contributed by atoms with van der Waals surface area (Å²) in [4.78, 5) is 1.35. The maximum atomic E-state index is 3.65. The number of thioether (sulfide) groups is 1. The van der Waals surface area contributed by atoms with Crippen molar-refractivity contribution in [3.8, 4) is 0 Å². The summed E-state index contributed by atoms with van der Waals surface area (Å²) in [5, 5.41) is 0. The lowest BCUT2D eigenvalue weighted by Gasteiger charge is -1.83. The minimum atomic E-state index is 1.23. The molecule has 1 heteroatoms. The van der Waals surface area contributed by atoms with E-state index in [-0.39, 0.29) is 0 Å². The fourth-order valence-electron chi connectivity index (χ4n) is 0.579. The Bertz CT molecular complexity index is 103. The van der Waals surface area contributed by atoms with E-state index in [4.69, 9.17) is 0 Å². The Morgan fingerprint density at radius 3 is 3.00 bits per heavy atom. The van der Waals surface area contributed by atoms with Crippen LogP contribution >= 0.6 is 11.8 Å². The van der Waals surface area contributed by atoms with Crippen molar-refractivity contribution in [3.63, 3.8) is 0 Å². The zero-order valence-corrected chi connectivity index (χ0v) is 5.00. The van der Waals surface area contributed by atoms with Gasteiger partial charge in [0.05, 0.1) is 0 Å². The van der Waals surface area contributed by atoms with Gasteiger partial charge in [-0.1, -0.05) is 18.7 Å². The molecule has 0 bridgehead atoms. The molecular formula is C6H8S. The van der Waals surface area contributed by atoms with Gasteiger partial charge in [-0.05, 0) is 6.42 Å². The molecule has 0 unspecified atom stereocenters. The average molecular weight is 112 g/mol. The SMILES string of the molecule is C=CC1=CCCS1. The maximum absolute atomic E-state index is 3.65. The van der Waals surface area contributed by atoms with E-state index in [1.165, 1.54) is 17.1 Å². The van der Waals surface area contributed by atoms with Crippen LogP contribution in [0.1, 0.15) is 6.42 Å². The molecule has 7 heavy (non-hydrogen) atoms. The molecule has 1 rings (SSSR count). The Hall–Kier alpha value is -0.170. The van der Waals surface area contributed by atoms with Crippen molar-refractivity contribution in [2.24, 2.45) is 0 Å². The molecule has 0 amide bonds. The summed E-state index contributed by atoms with van der Waals surface area (Å²) >= 11 is 1.89. The van der Waals surface area contributed by atoms with Gasteiger partial charge in [0.2, 0.25) is 0 Å². The highest BCUT2D eigenvalue weighted by atomic mass is 32.2. The number of allylic oxidation sites excluding steroid dienone is 2. The van der Waals surface area contributed by atoms with Crippen LogP contribution in [-0.4, -0.2) is 5.75 Å². The molecule has 1 aliphatic rings. The van der Waals surface area contributed by atoms with Gasteiger partial charge in [-0.15, -0.1) is 11.8 Å². The topological polar surface area (TPSA) is 0 Å². The lowest BCUT2D eigenvalue weighted by atomic mass is 10.4. The zero-order valence-electron chi connectivity index (χ0n) is 4.18. The first kappa shape index (κ1) is 4.98. The van der Waals surface area contributed by atoms with Gasteiger partial charge in [0.25, 0.3) is 0 Å². The third kappa shape index (κ3) is 1.10. The van der Waals surface area contributed by atoms with Gasteiger partial charge >= 0.3 is 0 Å². The summed E-state index contributed by atoms with van der Waals surface area (Å²) < 4.78 is 0. The Morgan fingerprint density at radius 2 is 2.71 bits per heavy atom. The molecule has 0 aromatic carbocycles. The highest BCUT2D eigenvalue weighted by molar-refractivity contribution is 8.03. The van der Waals surface area contributed by atoms with Gasteiger partial charge in [0.15, 0.2) is 0 Å². The van der Waals surface area contributed by atoms with Gasteiger partial charge < -0.3 is 0 Å². The van der Waals surface area contributed by atoms with Crippen LogP contribution in [0, 0.1) is 0 Å². The smallest absolute Gasteiger partial charge is 0.00265 e. The summed E-state index contributed by atoms with van der Waals surface area (Å²) in [7, 11) is 0. The van der Waals surface area contributed by atoms with Gasteiger partial charge in [-0.3, -0.25) is 0 Å². The highest BCUT2D eigenvalue weighted by Crippen LogP contribution is 2.24. The van der Waals surface area contributed by atoms with Crippen molar-refractivity contribution in [1.82, 2.24) is 0 Å². The van der Waals surface area contributed by atoms with Crippen molar-refractivity contribution in [3.05, 3.63) is 23.6 Å². The molecule has 0 fully saturated rings. The van der Waals surface area contributed by atoms with E-state index in [0.29, 0.717) is 0 Å². The third-order valence-electron chi connectivity index (χ3n) is 0.933. The van der Waals surface area contributed by atoms with E-state index < -0.39 is 0 Å². The van der Waals surface area contributed by atoms with Crippen LogP contribution in [-0.2, 0) is 0 Å². The van der Waals surface area contributed by atoms with E-state index in [1.807, 2.05) is 17.8 Å². The van der Waals surface area contributed by atoms with Crippen LogP contribution in [0.5, 0.6) is 0 Å². The van der Waals surface area contributed by atoms with E-state index in [1.54, 1.807) is 0 Å². The largest absolute Gasteiger partial charge is 0.126 e. The monoisotopic (exact) mass is 112 g/mol. The molecule has 0 saturated carbocycles. The molecule has 0 aliphatic carbocycles. The molecule has 0 nitrogen and oxygen atoms in total. The first-order valence-electron chi connectivity index (χ1n) is 2.39. The van der Waals surface area contributed by atoms with Crippen LogP contribution in [0.15, 0.2) is 23.6 Å². The second-order valence-electron chi connectivity index (χ2n) is 1.45. The molecule has 0 atom stereocenters. The van der Waals surface area contributed by atoms with E-state index >= 15 is 0 Å². The minimum absolute atomic E-state index is 1.23. The molecule has 1 heterocycles. The van der Waals surface area contributed by atoms with Crippen LogP contribution in [0.4, 0.5) is 0 Å². The van der Waals surface area contributed by atoms with Gasteiger partial charge in [0.1, 0.15) is 0 Å². The summed E-state index contributed by atoms with van der Waals surface area (Å²) in [6.07, 6.45) is 5.36. The lowest BCUT2D eigenvalue weighted by molar-refractivity contribution is 1.27. The minimum Gasteiger partial charge on any atom is -0.126 e. The lowest BCUT2D eigenvalue weighted by Crippen LogP contribution is -1.58. The molecular weight excluding hydrogens is 104 g/mol. The van der Waals surface area contributed by atoms with E-state index in [9.17, 15) is 0 Å². The van der Waals surface area contributed by atoms with Crippen LogP contribution in [0.3, 0.4) is 0 Å². The standard InChI is InChI=1S/C6H8S/c1-2-6-4-3-5-7-6/h2,4H,1,3,5H2. The summed E-state index contributed by atoms with van der Waals surface area (Å²) in [5.41, 5.74) is 0. The van der Waals surface area contributed by atoms with Crippen molar-refractivity contribution in [2.75, 3.05) is 5.75 Å². The summed E-state index contributed by atoms with van der Waals surface area (Å²) in [6, 6.07) is 0. The first-order chi connectivity index (χ1) is 3.43. The molecule has 1 aliphatic heterocycles. The van der Waals surface area contributed by atoms with Crippen molar-refractivity contribution in [2.45, 2.75) is 6.42 Å². The molecule has 0 aromatic heterocycles. The van der Waals surface area contributed by atoms with Crippen LogP contribution in [0.2, 0.25) is 0 Å². The predicted molar refractivity (Wildman–Crippen MR) is 35.4 cm³/mol. The normalized spacial score (nSPS) is 19.1. The fraction of sp³-hybridized carbons (Fsp3) is 0.333. The molecule has 0 saturated heterocycles. The van der Waals surface area contributed by atoms with Crippen molar-refractivity contribution in [1.29, 1.82) is 0 Å². The Balaban J connectivity index is 2.51. The molecule has 0 N–H and O–H groups in total. The van der Waals surface area contributed by atoms with Crippen LogP contribution < -0.4 is 0 Å². The molecule has 0 aromatic rings. The highest BCUT2D eigenvalue weighted by Gasteiger charge is 1.97. The Labute approximate surface area is 48.3 Å². The van der Waals surface area contributed by atoms with Crippen molar-refractivity contribution < 1.29 is 0 Å². The zero-order chi connectivity index (χ0) is 5.11. The summed E-state index contributed by atoms with van der Waals surface area (Å²) in [6.45, 7) is 3.65.